The standard InChI is InChI=1S/C20H17N5O3/c1-10-11(2)21-16-8-7-12(9-15(10)16)18(26)23-25-20(28)17-13-5-3-4-6-14(13)19(27)24-22-17/h3-9,21H,1-2H3,(H,23,26)(H,24,27)(H,25,28). The number of aromatic amines is 2. The Balaban J connectivity index is 1.55. The minimum atomic E-state index is -0.629. The van der Waals surface area contributed by atoms with Gasteiger partial charge in [0, 0.05) is 27.5 Å². The first-order chi connectivity index (χ1) is 13.5. The molecule has 140 valence electrons. The fraction of sp³-hybridized carbons (Fsp3) is 0.100. The summed E-state index contributed by atoms with van der Waals surface area (Å²) in [5, 5.41) is 7.79. The summed E-state index contributed by atoms with van der Waals surface area (Å²) in [7, 11) is 0. The fourth-order valence-corrected chi connectivity index (χ4v) is 3.14. The summed E-state index contributed by atoms with van der Waals surface area (Å²) in [5.74, 6) is -1.09. The van der Waals surface area contributed by atoms with Crippen molar-refractivity contribution in [3.63, 3.8) is 0 Å². The summed E-state index contributed by atoms with van der Waals surface area (Å²) in [4.78, 5) is 40.0. The number of hydrogen-bond acceptors (Lipinski definition) is 4. The molecule has 8 nitrogen and oxygen atoms in total. The molecule has 0 saturated carbocycles. The van der Waals surface area contributed by atoms with Gasteiger partial charge in [-0.15, -0.1) is 0 Å². The minimum absolute atomic E-state index is 0.0167. The molecule has 4 N–H and O–H groups in total. The lowest BCUT2D eigenvalue weighted by atomic mass is 10.1. The molecule has 0 saturated heterocycles. The Morgan fingerprint density at radius 3 is 2.43 bits per heavy atom. The lowest BCUT2D eigenvalue weighted by molar-refractivity contribution is 0.0844. The van der Waals surface area contributed by atoms with E-state index in [9.17, 15) is 14.4 Å². The maximum atomic E-state index is 12.5. The smallest absolute Gasteiger partial charge is 0.290 e. The van der Waals surface area contributed by atoms with E-state index in [4.69, 9.17) is 0 Å². The number of carbonyl (C=O) groups excluding carboxylic acids is 2. The number of rotatable bonds is 2. The highest BCUT2D eigenvalue weighted by molar-refractivity contribution is 6.06. The number of aryl methyl sites for hydroxylation is 2. The van der Waals surface area contributed by atoms with Gasteiger partial charge >= 0.3 is 0 Å². The largest absolute Gasteiger partial charge is 0.358 e. The van der Waals surface area contributed by atoms with Gasteiger partial charge in [0.2, 0.25) is 0 Å². The molecule has 4 aromatic rings. The summed E-state index contributed by atoms with van der Waals surface area (Å²) in [6.07, 6.45) is 0. The molecule has 0 spiro atoms. The highest BCUT2D eigenvalue weighted by Crippen LogP contribution is 2.22. The summed E-state index contributed by atoms with van der Waals surface area (Å²) in [6, 6.07) is 11.9. The molecule has 2 amide bonds. The monoisotopic (exact) mass is 375 g/mol. The van der Waals surface area contributed by atoms with Gasteiger partial charge in [-0.2, -0.15) is 5.10 Å². The van der Waals surface area contributed by atoms with Crippen LogP contribution in [0.2, 0.25) is 0 Å². The van der Waals surface area contributed by atoms with Crippen molar-refractivity contribution < 1.29 is 9.59 Å². The van der Waals surface area contributed by atoms with Crippen LogP contribution in [0.5, 0.6) is 0 Å². The molecule has 0 aliphatic carbocycles. The molecule has 0 radical (unpaired) electrons. The summed E-state index contributed by atoms with van der Waals surface area (Å²) in [6.45, 7) is 3.95. The van der Waals surface area contributed by atoms with Gasteiger partial charge in [0.1, 0.15) is 0 Å². The number of H-pyrrole nitrogens is 2. The van der Waals surface area contributed by atoms with Gasteiger partial charge in [0.25, 0.3) is 17.4 Å². The van der Waals surface area contributed by atoms with Crippen LogP contribution in [0.1, 0.15) is 32.1 Å². The molecular formula is C20H17N5O3. The van der Waals surface area contributed by atoms with Crippen LogP contribution in [-0.2, 0) is 0 Å². The molecule has 4 rings (SSSR count). The number of amides is 2. The Kier molecular flexibility index (Phi) is 4.15. The van der Waals surface area contributed by atoms with E-state index < -0.39 is 11.8 Å². The van der Waals surface area contributed by atoms with Crippen LogP contribution in [-0.4, -0.2) is 27.0 Å². The first kappa shape index (κ1) is 17.5. The van der Waals surface area contributed by atoms with Crippen molar-refractivity contribution in [1.82, 2.24) is 26.0 Å². The average molecular weight is 375 g/mol. The van der Waals surface area contributed by atoms with E-state index in [0.29, 0.717) is 16.3 Å². The van der Waals surface area contributed by atoms with E-state index in [-0.39, 0.29) is 11.3 Å². The third-order valence-electron chi connectivity index (χ3n) is 4.77. The van der Waals surface area contributed by atoms with Crippen LogP contribution >= 0.6 is 0 Å². The van der Waals surface area contributed by atoms with E-state index in [2.05, 4.69) is 26.0 Å². The fourth-order valence-electron chi connectivity index (χ4n) is 3.14. The number of carbonyl (C=O) groups is 2. The second-order valence-corrected chi connectivity index (χ2v) is 6.49. The molecule has 2 aromatic carbocycles. The topological polar surface area (TPSA) is 120 Å². The summed E-state index contributed by atoms with van der Waals surface area (Å²) >= 11 is 0. The summed E-state index contributed by atoms with van der Waals surface area (Å²) < 4.78 is 0. The second kappa shape index (κ2) is 6.66. The lowest BCUT2D eigenvalue weighted by Gasteiger charge is -2.08. The van der Waals surface area contributed by atoms with Gasteiger partial charge in [-0.3, -0.25) is 25.2 Å². The van der Waals surface area contributed by atoms with E-state index in [1.54, 1.807) is 36.4 Å². The molecule has 0 atom stereocenters. The molecule has 2 aromatic heterocycles. The van der Waals surface area contributed by atoms with E-state index in [1.807, 2.05) is 19.9 Å². The molecular weight excluding hydrogens is 358 g/mol. The third kappa shape index (κ3) is 2.90. The molecule has 0 aliphatic heterocycles. The Morgan fingerprint density at radius 1 is 0.929 bits per heavy atom. The van der Waals surface area contributed by atoms with E-state index >= 15 is 0 Å². The number of hydrazine groups is 1. The van der Waals surface area contributed by atoms with Crippen LogP contribution < -0.4 is 16.4 Å². The van der Waals surface area contributed by atoms with Crippen molar-refractivity contribution in [2.45, 2.75) is 13.8 Å². The predicted octanol–water partition coefficient (Wildman–Crippen LogP) is 2.10. The van der Waals surface area contributed by atoms with Gasteiger partial charge in [-0.25, -0.2) is 5.10 Å². The first-order valence-electron chi connectivity index (χ1n) is 8.62. The number of hydrogen-bond donors (Lipinski definition) is 4. The summed E-state index contributed by atoms with van der Waals surface area (Å²) in [5.41, 5.74) is 7.82. The van der Waals surface area contributed by atoms with E-state index in [1.165, 1.54) is 0 Å². The quantitative estimate of drug-likeness (QED) is 0.401. The third-order valence-corrected chi connectivity index (χ3v) is 4.77. The average Bonchev–Trinajstić information content (AvgIpc) is 2.99. The lowest BCUT2D eigenvalue weighted by Crippen LogP contribution is -2.42. The zero-order chi connectivity index (χ0) is 19.8. The van der Waals surface area contributed by atoms with Crippen molar-refractivity contribution in [2.24, 2.45) is 0 Å². The maximum Gasteiger partial charge on any atom is 0.290 e. The Morgan fingerprint density at radius 2 is 1.64 bits per heavy atom. The molecule has 0 unspecified atom stereocenters. The second-order valence-electron chi connectivity index (χ2n) is 6.49. The molecule has 0 aliphatic rings. The van der Waals surface area contributed by atoms with Crippen molar-refractivity contribution in [3.8, 4) is 0 Å². The van der Waals surface area contributed by atoms with Crippen LogP contribution in [0.25, 0.3) is 21.7 Å². The van der Waals surface area contributed by atoms with Crippen molar-refractivity contribution >= 4 is 33.5 Å². The Hall–Kier alpha value is -3.94. The van der Waals surface area contributed by atoms with Gasteiger partial charge in [0.15, 0.2) is 5.69 Å². The van der Waals surface area contributed by atoms with Crippen molar-refractivity contribution in [2.75, 3.05) is 0 Å². The van der Waals surface area contributed by atoms with Crippen LogP contribution in [0.15, 0.2) is 47.3 Å². The van der Waals surface area contributed by atoms with Crippen LogP contribution in [0, 0.1) is 13.8 Å². The van der Waals surface area contributed by atoms with Gasteiger partial charge in [-0.05, 0) is 43.7 Å². The highest BCUT2D eigenvalue weighted by Gasteiger charge is 2.16. The molecule has 2 heterocycles. The number of aromatic nitrogens is 3. The first-order valence-corrected chi connectivity index (χ1v) is 8.62. The van der Waals surface area contributed by atoms with Crippen molar-refractivity contribution in [3.05, 3.63) is 75.3 Å². The van der Waals surface area contributed by atoms with Crippen LogP contribution in [0.3, 0.4) is 0 Å². The predicted molar refractivity (Wildman–Crippen MR) is 105 cm³/mol. The van der Waals surface area contributed by atoms with Crippen molar-refractivity contribution in [1.29, 1.82) is 0 Å². The van der Waals surface area contributed by atoms with Gasteiger partial charge in [0.05, 0.1) is 5.39 Å². The minimum Gasteiger partial charge on any atom is -0.358 e. The Labute approximate surface area is 158 Å². The zero-order valence-electron chi connectivity index (χ0n) is 15.2. The molecule has 0 fully saturated rings. The normalized spacial score (nSPS) is 10.9. The maximum absolute atomic E-state index is 12.5. The molecule has 8 heteroatoms. The van der Waals surface area contributed by atoms with E-state index in [0.717, 1.165) is 22.2 Å². The van der Waals surface area contributed by atoms with Gasteiger partial charge in [-0.1, -0.05) is 18.2 Å². The molecule has 28 heavy (non-hydrogen) atoms. The van der Waals surface area contributed by atoms with Crippen LogP contribution in [0.4, 0.5) is 0 Å². The SMILES string of the molecule is Cc1[nH]c2ccc(C(=O)NNC(=O)c3n[nH]c(=O)c4ccccc34)cc2c1C. The highest BCUT2D eigenvalue weighted by atomic mass is 16.2. The Bertz CT molecular complexity index is 1300. The number of fused-ring (bicyclic) bond motifs is 2. The molecule has 0 bridgehead atoms. The number of benzene rings is 2. The van der Waals surface area contributed by atoms with Gasteiger partial charge < -0.3 is 4.98 Å². The number of nitrogens with zero attached hydrogens (tertiary/aromatic N) is 1. The zero-order valence-corrected chi connectivity index (χ0v) is 15.2. The number of nitrogens with one attached hydrogen (secondary N) is 4.